The normalized spacial score (nSPS) is 18.4. The van der Waals surface area contributed by atoms with Gasteiger partial charge in [0.25, 0.3) is 17.7 Å². The molecule has 9 heteroatoms. The predicted octanol–water partition coefficient (Wildman–Crippen LogP) is 3.59. The fraction of sp³-hybridized carbons (Fsp3) is 0.300. The third-order valence-electron chi connectivity index (χ3n) is 6.77. The number of amides is 3. The molecule has 0 heterocycles. The lowest BCUT2D eigenvalue weighted by molar-refractivity contribution is 0.0868. The van der Waals surface area contributed by atoms with Crippen molar-refractivity contribution in [3.05, 3.63) is 89.5 Å². The van der Waals surface area contributed by atoms with Gasteiger partial charge in [-0.1, -0.05) is 36.4 Å². The molecule has 0 atom stereocenters. The van der Waals surface area contributed by atoms with Crippen LogP contribution in [0, 0.1) is 0 Å². The average Bonchev–Trinajstić information content (AvgIpc) is 2.96. The zero-order chi connectivity index (χ0) is 27.8. The van der Waals surface area contributed by atoms with Crippen LogP contribution in [0.25, 0.3) is 0 Å². The molecule has 3 amide bonds. The van der Waals surface area contributed by atoms with E-state index >= 15 is 0 Å². The Labute approximate surface area is 227 Å². The van der Waals surface area contributed by atoms with Gasteiger partial charge in [-0.2, -0.15) is 0 Å². The number of hydrogen-bond donors (Lipinski definition) is 3. The van der Waals surface area contributed by atoms with Crippen LogP contribution in [-0.4, -0.2) is 57.2 Å². The van der Waals surface area contributed by atoms with Gasteiger partial charge in [-0.25, -0.2) is 0 Å². The van der Waals surface area contributed by atoms with Gasteiger partial charge in [0.1, 0.15) is 17.2 Å². The van der Waals surface area contributed by atoms with Crippen LogP contribution < -0.4 is 30.2 Å². The Balaban J connectivity index is 1.53. The van der Waals surface area contributed by atoms with Crippen molar-refractivity contribution in [2.75, 3.05) is 21.3 Å². The lowest BCUT2D eigenvalue weighted by Crippen LogP contribution is -2.53. The molecule has 0 spiro atoms. The van der Waals surface area contributed by atoms with E-state index in [9.17, 15) is 14.4 Å². The van der Waals surface area contributed by atoms with Crippen molar-refractivity contribution in [1.82, 2.24) is 16.0 Å². The van der Waals surface area contributed by atoms with Gasteiger partial charge in [-0.05, 0) is 55.7 Å². The Morgan fingerprint density at radius 1 is 0.513 bits per heavy atom. The molecule has 1 aliphatic carbocycles. The van der Waals surface area contributed by atoms with Gasteiger partial charge in [-0.15, -0.1) is 0 Å². The highest BCUT2D eigenvalue weighted by molar-refractivity contribution is 5.98. The van der Waals surface area contributed by atoms with Crippen LogP contribution in [0.15, 0.2) is 72.8 Å². The summed E-state index contributed by atoms with van der Waals surface area (Å²) in [6, 6.07) is 20.0. The van der Waals surface area contributed by atoms with Crippen molar-refractivity contribution < 1.29 is 28.6 Å². The first-order chi connectivity index (χ1) is 18.9. The first-order valence-corrected chi connectivity index (χ1v) is 12.7. The summed E-state index contributed by atoms with van der Waals surface area (Å²) in [5.74, 6) is 0.533. The summed E-state index contributed by atoms with van der Waals surface area (Å²) in [5, 5.41) is 9.21. The lowest BCUT2D eigenvalue weighted by atomic mass is 9.86. The quantitative estimate of drug-likeness (QED) is 0.389. The molecule has 3 N–H and O–H groups in total. The summed E-state index contributed by atoms with van der Waals surface area (Å²) in [7, 11) is 4.54. The third-order valence-corrected chi connectivity index (χ3v) is 6.77. The minimum absolute atomic E-state index is 0.288. The molecule has 1 fully saturated rings. The van der Waals surface area contributed by atoms with Crippen molar-refractivity contribution in [3.63, 3.8) is 0 Å². The molecular weight excluding hydrogens is 498 g/mol. The van der Waals surface area contributed by atoms with Crippen molar-refractivity contribution >= 4 is 17.7 Å². The maximum absolute atomic E-state index is 13.2. The molecule has 9 nitrogen and oxygen atoms in total. The minimum atomic E-state index is -0.317. The highest BCUT2D eigenvalue weighted by Crippen LogP contribution is 2.25. The average molecular weight is 532 g/mol. The Morgan fingerprint density at radius 3 is 1.03 bits per heavy atom. The van der Waals surface area contributed by atoms with Gasteiger partial charge in [0.2, 0.25) is 0 Å². The Hall–Kier alpha value is -4.53. The summed E-state index contributed by atoms with van der Waals surface area (Å²) < 4.78 is 16.0. The largest absolute Gasteiger partial charge is 0.496 e. The summed E-state index contributed by atoms with van der Waals surface area (Å²) in [6.07, 6.45) is 1.47. The van der Waals surface area contributed by atoms with Crippen molar-refractivity contribution in [2.45, 2.75) is 37.4 Å². The highest BCUT2D eigenvalue weighted by atomic mass is 16.5. The second kappa shape index (κ2) is 12.8. The van der Waals surface area contributed by atoms with Crippen molar-refractivity contribution in [1.29, 1.82) is 0 Å². The summed E-state index contributed by atoms with van der Waals surface area (Å²) >= 11 is 0. The number of carbonyl (C=O) groups excluding carboxylic acids is 3. The van der Waals surface area contributed by atoms with Crippen LogP contribution in [-0.2, 0) is 0 Å². The van der Waals surface area contributed by atoms with Gasteiger partial charge in [-0.3, -0.25) is 14.4 Å². The number of hydrogen-bond acceptors (Lipinski definition) is 6. The van der Waals surface area contributed by atoms with E-state index in [1.807, 2.05) is 0 Å². The van der Waals surface area contributed by atoms with Crippen molar-refractivity contribution in [2.24, 2.45) is 0 Å². The maximum atomic E-state index is 13.2. The second-order valence-corrected chi connectivity index (χ2v) is 9.32. The monoisotopic (exact) mass is 531 g/mol. The topological polar surface area (TPSA) is 115 Å². The fourth-order valence-electron chi connectivity index (χ4n) is 4.96. The fourth-order valence-corrected chi connectivity index (χ4v) is 4.96. The molecule has 0 saturated heterocycles. The smallest absolute Gasteiger partial charge is 0.255 e. The zero-order valence-electron chi connectivity index (χ0n) is 22.2. The van der Waals surface area contributed by atoms with E-state index in [1.165, 1.54) is 21.3 Å². The molecule has 204 valence electrons. The Kier molecular flexibility index (Phi) is 9.04. The van der Waals surface area contributed by atoms with Crippen LogP contribution in [0.1, 0.15) is 50.3 Å². The van der Waals surface area contributed by atoms with Gasteiger partial charge >= 0.3 is 0 Å². The molecule has 39 heavy (non-hydrogen) atoms. The Bertz CT molecular complexity index is 1160. The molecule has 1 saturated carbocycles. The van der Waals surface area contributed by atoms with Crippen LogP contribution in [0.4, 0.5) is 0 Å². The van der Waals surface area contributed by atoms with Crippen LogP contribution in [0.2, 0.25) is 0 Å². The number of rotatable bonds is 9. The molecule has 0 unspecified atom stereocenters. The van der Waals surface area contributed by atoms with E-state index in [0.717, 1.165) is 0 Å². The van der Waals surface area contributed by atoms with Gasteiger partial charge < -0.3 is 30.2 Å². The van der Waals surface area contributed by atoms with E-state index in [1.54, 1.807) is 72.8 Å². The zero-order valence-corrected chi connectivity index (χ0v) is 22.2. The summed E-state index contributed by atoms with van der Waals surface area (Å²) in [4.78, 5) is 39.5. The third kappa shape index (κ3) is 6.67. The molecule has 0 aliphatic heterocycles. The van der Waals surface area contributed by atoms with Crippen LogP contribution in [0.5, 0.6) is 17.2 Å². The first-order valence-electron chi connectivity index (χ1n) is 12.7. The number of methoxy groups -OCH3 is 3. The van der Waals surface area contributed by atoms with E-state index < -0.39 is 0 Å². The first kappa shape index (κ1) is 27.5. The van der Waals surface area contributed by atoms with Crippen LogP contribution in [0.3, 0.4) is 0 Å². The standard InChI is InChI=1S/C30H33N3O6/c1-37-25-13-7-4-10-22(25)28(34)31-19-16-20(32-29(35)23-11-5-8-14-26(23)38-2)18-21(17-19)33-30(36)24-12-6-9-15-27(24)39-3/h4-15,19-21H,16-18H2,1-3H3,(H,31,34)(H,32,35)(H,33,36). The maximum Gasteiger partial charge on any atom is 0.255 e. The van der Waals surface area contributed by atoms with E-state index in [2.05, 4.69) is 16.0 Å². The molecule has 0 bridgehead atoms. The molecule has 1 aliphatic rings. The SMILES string of the molecule is COc1ccccc1C(=O)NC1CC(NC(=O)c2ccccc2OC)CC(NC(=O)c2ccccc2OC)C1. The minimum Gasteiger partial charge on any atom is -0.496 e. The van der Waals surface area contributed by atoms with E-state index in [-0.39, 0.29) is 35.8 Å². The van der Waals surface area contributed by atoms with Crippen LogP contribution >= 0.6 is 0 Å². The molecular formula is C30H33N3O6. The number of nitrogens with one attached hydrogen (secondary N) is 3. The number of carbonyl (C=O) groups is 3. The summed E-state index contributed by atoms with van der Waals surface area (Å²) in [5.41, 5.74) is 1.24. The number of ether oxygens (including phenoxy) is 3. The molecule has 0 radical (unpaired) electrons. The molecule has 0 aromatic heterocycles. The second-order valence-electron chi connectivity index (χ2n) is 9.32. The van der Waals surface area contributed by atoms with E-state index in [0.29, 0.717) is 53.2 Å². The molecule has 3 aromatic carbocycles. The Morgan fingerprint density at radius 2 is 0.769 bits per heavy atom. The number of para-hydroxylation sites is 3. The highest BCUT2D eigenvalue weighted by Gasteiger charge is 2.33. The van der Waals surface area contributed by atoms with E-state index in [4.69, 9.17) is 14.2 Å². The summed E-state index contributed by atoms with van der Waals surface area (Å²) in [6.45, 7) is 0. The number of benzene rings is 3. The van der Waals surface area contributed by atoms with Crippen molar-refractivity contribution in [3.8, 4) is 17.2 Å². The lowest BCUT2D eigenvalue weighted by Gasteiger charge is -2.36. The van der Waals surface area contributed by atoms with Gasteiger partial charge in [0, 0.05) is 18.1 Å². The molecule has 4 rings (SSSR count). The predicted molar refractivity (Wildman–Crippen MR) is 147 cm³/mol. The van der Waals surface area contributed by atoms with Gasteiger partial charge in [0.15, 0.2) is 0 Å². The molecule has 3 aromatic rings. The van der Waals surface area contributed by atoms with Gasteiger partial charge in [0.05, 0.1) is 38.0 Å².